The van der Waals surface area contributed by atoms with E-state index in [1.165, 1.54) is 12.1 Å². The Morgan fingerprint density at radius 1 is 1.37 bits per heavy atom. The maximum absolute atomic E-state index is 12.4. The van der Waals surface area contributed by atoms with E-state index in [1.807, 2.05) is 12.1 Å². The normalized spacial score (nSPS) is 11.2. The Morgan fingerprint density at radius 2 is 2.15 bits per heavy atom. The number of rotatable bonds is 7. The lowest BCUT2D eigenvalue weighted by molar-refractivity contribution is 0.0810. The Labute approximate surface area is 158 Å². The Hall–Kier alpha value is -2.71. The fraction of sp³-hybridized carbons (Fsp3) is 0.222. The van der Waals surface area contributed by atoms with Crippen LogP contribution in [0.15, 0.2) is 30.3 Å². The van der Waals surface area contributed by atoms with Crippen molar-refractivity contribution >= 4 is 40.6 Å². The van der Waals surface area contributed by atoms with Crippen molar-refractivity contribution in [3.05, 3.63) is 46.5 Å². The lowest BCUT2D eigenvalue weighted by atomic mass is 10.2. The summed E-state index contributed by atoms with van der Waals surface area (Å²) in [5.74, 6) is 0.541. The molecule has 9 heteroatoms. The molecular formula is C18H17ClF2N4O2. The maximum atomic E-state index is 12.4. The Balaban J connectivity index is 2.00. The molecule has 3 rings (SSSR count). The first-order chi connectivity index (χ1) is 12.9. The number of nitrogens with one attached hydrogen (secondary N) is 1. The van der Waals surface area contributed by atoms with Crippen LogP contribution < -0.4 is 15.8 Å². The Kier molecular flexibility index (Phi) is 5.57. The fourth-order valence-corrected chi connectivity index (χ4v) is 2.80. The highest BCUT2D eigenvalue weighted by Crippen LogP contribution is 2.30. The number of benzene rings is 2. The van der Waals surface area contributed by atoms with E-state index in [2.05, 4.69) is 10.3 Å². The van der Waals surface area contributed by atoms with Crippen LogP contribution in [0.1, 0.15) is 15.9 Å². The van der Waals surface area contributed by atoms with Gasteiger partial charge in [-0.2, -0.15) is 0 Å². The molecule has 0 unspecified atom stereocenters. The molecule has 0 saturated heterocycles. The van der Waals surface area contributed by atoms with E-state index in [0.717, 1.165) is 5.56 Å². The molecule has 142 valence electrons. The van der Waals surface area contributed by atoms with E-state index in [4.69, 9.17) is 22.1 Å². The second kappa shape index (κ2) is 7.89. The van der Waals surface area contributed by atoms with Crippen molar-refractivity contribution in [3.63, 3.8) is 0 Å². The molecule has 0 saturated carbocycles. The van der Waals surface area contributed by atoms with Crippen molar-refractivity contribution < 1.29 is 18.3 Å². The summed E-state index contributed by atoms with van der Waals surface area (Å²) in [5, 5.41) is 3.62. The lowest BCUT2D eigenvalue weighted by Gasteiger charge is -2.10. The van der Waals surface area contributed by atoms with Crippen LogP contribution in [-0.4, -0.2) is 28.9 Å². The van der Waals surface area contributed by atoms with E-state index in [0.29, 0.717) is 40.5 Å². The van der Waals surface area contributed by atoms with Gasteiger partial charge in [-0.1, -0.05) is 17.7 Å². The van der Waals surface area contributed by atoms with E-state index in [1.54, 1.807) is 17.7 Å². The highest BCUT2D eigenvalue weighted by Gasteiger charge is 2.15. The minimum atomic E-state index is -2.64. The van der Waals surface area contributed by atoms with Crippen molar-refractivity contribution in [1.29, 1.82) is 0 Å². The van der Waals surface area contributed by atoms with Gasteiger partial charge in [0.1, 0.15) is 12.4 Å². The predicted molar refractivity (Wildman–Crippen MR) is 100 cm³/mol. The van der Waals surface area contributed by atoms with Gasteiger partial charge in [0.05, 0.1) is 27.3 Å². The maximum Gasteiger partial charge on any atom is 0.272 e. The fourth-order valence-electron chi connectivity index (χ4n) is 2.63. The topological polar surface area (TPSA) is 82.2 Å². The second-order valence-electron chi connectivity index (χ2n) is 5.84. The molecule has 0 fully saturated rings. The van der Waals surface area contributed by atoms with Gasteiger partial charge < -0.3 is 20.4 Å². The first kappa shape index (κ1) is 19.1. The van der Waals surface area contributed by atoms with Crippen LogP contribution in [0.2, 0.25) is 5.02 Å². The number of imidazole rings is 1. The summed E-state index contributed by atoms with van der Waals surface area (Å²) in [5.41, 5.74) is 8.45. The van der Waals surface area contributed by atoms with Gasteiger partial charge in [0.15, 0.2) is 6.29 Å². The summed E-state index contributed by atoms with van der Waals surface area (Å²) >= 11 is 6.22. The zero-order valence-corrected chi connectivity index (χ0v) is 15.1. The van der Waals surface area contributed by atoms with Crippen LogP contribution in [-0.2, 0) is 13.6 Å². The Bertz CT molecular complexity index is 991. The molecule has 0 atom stereocenters. The van der Waals surface area contributed by atoms with Gasteiger partial charge in [0, 0.05) is 19.7 Å². The molecule has 1 heterocycles. The number of aryl methyl sites for hydroxylation is 1. The molecule has 27 heavy (non-hydrogen) atoms. The summed E-state index contributed by atoms with van der Waals surface area (Å²) in [6.07, 6.45) is -2.09. The number of aromatic nitrogens is 2. The molecule has 0 spiro atoms. The van der Waals surface area contributed by atoms with Gasteiger partial charge in [-0.25, -0.2) is 13.8 Å². The van der Waals surface area contributed by atoms with Crippen molar-refractivity contribution in [2.75, 3.05) is 11.9 Å². The standard InChI is InChI=1S/C18H17ClF2N4O2/c1-25-15-6-16(27-9-17(20)21)11(8-26)5-14(15)24-18(25)23-13-4-10(7-22)2-3-12(13)19/h2-6,8,17H,7,9,22H2,1H3,(H,23,24). The highest BCUT2D eigenvalue weighted by atomic mass is 35.5. The molecule has 3 N–H and O–H groups in total. The first-order valence-corrected chi connectivity index (χ1v) is 8.42. The van der Waals surface area contributed by atoms with Crippen LogP contribution in [0.3, 0.4) is 0 Å². The minimum Gasteiger partial charge on any atom is -0.487 e. The molecule has 0 amide bonds. The summed E-state index contributed by atoms with van der Waals surface area (Å²) in [4.78, 5) is 15.7. The quantitative estimate of drug-likeness (QED) is 0.594. The van der Waals surface area contributed by atoms with Crippen LogP contribution in [0, 0.1) is 0 Å². The van der Waals surface area contributed by atoms with Crippen molar-refractivity contribution in [2.45, 2.75) is 13.0 Å². The molecule has 0 bridgehead atoms. The molecule has 0 aliphatic heterocycles. The Morgan fingerprint density at radius 3 is 2.81 bits per heavy atom. The van der Waals surface area contributed by atoms with Gasteiger partial charge in [-0.3, -0.25) is 4.79 Å². The smallest absolute Gasteiger partial charge is 0.272 e. The monoisotopic (exact) mass is 394 g/mol. The third-order valence-electron chi connectivity index (χ3n) is 4.02. The number of nitrogens with two attached hydrogens (primary N) is 1. The molecule has 6 nitrogen and oxygen atoms in total. The average molecular weight is 395 g/mol. The van der Waals surface area contributed by atoms with Gasteiger partial charge >= 0.3 is 0 Å². The van der Waals surface area contributed by atoms with Crippen LogP contribution in [0.4, 0.5) is 20.4 Å². The van der Waals surface area contributed by atoms with E-state index in [9.17, 15) is 13.6 Å². The highest BCUT2D eigenvalue weighted by molar-refractivity contribution is 6.33. The molecule has 3 aromatic rings. The number of halogens is 3. The lowest BCUT2D eigenvalue weighted by Crippen LogP contribution is -2.08. The summed E-state index contributed by atoms with van der Waals surface area (Å²) < 4.78 is 31.6. The van der Waals surface area contributed by atoms with Gasteiger partial charge in [0.2, 0.25) is 5.95 Å². The molecule has 0 aliphatic carbocycles. The molecule has 0 aliphatic rings. The van der Waals surface area contributed by atoms with Crippen LogP contribution in [0.5, 0.6) is 5.75 Å². The number of ether oxygens (including phenoxy) is 1. The summed E-state index contributed by atoms with van der Waals surface area (Å²) in [6.45, 7) is -0.432. The van der Waals surface area contributed by atoms with E-state index >= 15 is 0 Å². The predicted octanol–water partition coefficient (Wildman–Crippen LogP) is 3.89. The molecule has 0 radical (unpaired) electrons. The zero-order chi connectivity index (χ0) is 19.6. The zero-order valence-electron chi connectivity index (χ0n) is 14.4. The van der Waals surface area contributed by atoms with E-state index < -0.39 is 13.0 Å². The van der Waals surface area contributed by atoms with Gasteiger partial charge in [-0.05, 0) is 23.8 Å². The first-order valence-electron chi connectivity index (χ1n) is 8.05. The van der Waals surface area contributed by atoms with Crippen molar-refractivity contribution in [3.8, 4) is 5.75 Å². The third-order valence-corrected chi connectivity index (χ3v) is 4.35. The summed E-state index contributed by atoms with van der Waals surface area (Å²) in [6, 6.07) is 8.38. The second-order valence-corrected chi connectivity index (χ2v) is 6.24. The third kappa shape index (κ3) is 4.01. The molecule has 1 aromatic heterocycles. The average Bonchev–Trinajstić information content (AvgIpc) is 2.95. The number of anilines is 2. The number of carbonyl (C=O) groups excluding carboxylic acids is 1. The number of alkyl halides is 2. The minimum absolute atomic E-state index is 0.0792. The van der Waals surface area contributed by atoms with Crippen LogP contribution >= 0.6 is 11.6 Å². The molecule has 2 aromatic carbocycles. The SMILES string of the molecule is Cn1c(Nc2cc(CN)ccc2Cl)nc2cc(C=O)c(OCC(F)F)cc21. The molecular weight excluding hydrogens is 378 g/mol. The largest absolute Gasteiger partial charge is 0.487 e. The number of aldehydes is 1. The van der Waals surface area contributed by atoms with E-state index in [-0.39, 0.29) is 11.3 Å². The summed E-state index contributed by atoms with van der Waals surface area (Å²) in [7, 11) is 1.75. The number of fused-ring (bicyclic) bond motifs is 1. The number of nitrogens with zero attached hydrogens (tertiary/aromatic N) is 2. The van der Waals surface area contributed by atoms with Crippen molar-refractivity contribution in [1.82, 2.24) is 9.55 Å². The van der Waals surface area contributed by atoms with Gasteiger partial charge in [0.25, 0.3) is 6.43 Å². The van der Waals surface area contributed by atoms with Gasteiger partial charge in [-0.15, -0.1) is 0 Å². The number of carbonyl (C=O) groups is 1. The van der Waals surface area contributed by atoms with Crippen molar-refractivity contribution in [2.24, 2.45) is 12.8 Å². The number of hydrogen-bond donors (Lipinski definition) is 2. The number of hydrogen-bond acceptors (Lipinski definition) is 5. The van der Waals surface area contributed by atoms with Crippen LogP contribution in [0.25, 0.3) is 11.0 Å².